The van der Waals surface area contributed by atoms with Crippen LogP contribution in [-0.2, 0) is 4.74 Å². The van der Waals surface area contributed by atoms with Crippen LogP contribution >= 0.6 is 11.3 Å². The maximum absolute atomic E-state index is 5.86. The standard InChI is InChI=1S/C15H15N3O2S/c1-19-4-5-20-14-7-13(15-8-17-9-21-15)18-12-3-2-10(16)6-11(12)14/h2-3,6-9H,4-5,16H2,1H3. The molecule has 0 aliphatic carbocycles. The molecule has 0 saturated heterocycles. The number of methoxy groups -OCH3 is 1. The lowest BCUT2D eigenvalue weighted by Crippen LogP contribution is -2.05. The van der Waals surface area contributed by atoms with Crippen molar-refractivity contribution in [1.82, 2.24) is 9.97 Å². The van der Waals surface area contributed by atoms with Crippen molar-refractivity contribution < 1.29 is 9.47 Å². The molecule has 6 heteroatoms. The molecule has 0 aliphatic heterocycles. The molecular formula is C15H15N3O2S. The zero-order valence-corrected chi connectivity index (χ0v) is 12.4. The molecule has 0 atom stereocenters. The zero-order valence-electron chi connectivity index (χ0n) is 11.6. The van der Waals surface area contributed by atoms with E-state index in [1.165, 1.54) is 0 Å². The van der Waals surface area contributed by atoms with Gasteiger partial charge in [-0.3, -0.25) is 4.98 Å². The van der Waals surface area contributed by atoms with Gasteiger partial charge in [-0.1, -0.05) is 0 Å². The van der Waals surface area contributed by atoms with Gasteiger partial charge in [0.2, 0.25) is 0 Å². The number of fused-ring (bicyclic) bond motifs is 1. The lowest BCUT2D eigenvalue weighted by molar-refractivity contribution is 0.147. The van der Waals surface area contributed by atoms with E-state index < -0.39 is 0 Å². The molecule has 2 heterocycles. The molecule has 0 aliphatic rings. The fraction of sp³-hybridized carbons (Fsp3) is 0.200. The van der Waals surface area contributed by atoms with Crippen LogP contribution < -0.4 is 10.5 Å². The van der Waals surface area contributed by atoms with Crippen LogP contribution in [0.3, 0.4) is 0 Å². The maximum Gasteiger partial charge on any atom is 0.131 e. The molecule has 3 rings (SSSR count). The van der Waals surface area contributed by atoms with Crippen LogP contribution in [0, 0.1) is 0 Å². The molecule has 0 fully saturated rings. The monoisotopic (exact) mass is 301 g/mol. The summed E-state index contributed by atoms with van der Waals surface area (Å²) >= 11 is 1.55. The van der Waals surface area contributed by atoms with Crippen LogP contribution in [0.1, 0.15) is 0 Å². The number of benzene rings is 1. The van der Waals surface area contributed by atoms with Crippen molar-refractivity contribution in [1.29, 1.82) is 0 Å². The molecule has 1 aromatic carbocycles. The van der Waals surface area contributed by atoms with Gasteiger partial charge >= 0.3 is 0 Å². The van der Waals surface area contributed by atoms with E-state index in [1.807, 2.05) is 24.3 Å². The molecule has 0 unspecified atom stereocenters. The third-order valence-corrected chi connectivity index (χ3v) is 3.82. The molecular weight excluding hydrogens is 286 g/mol. The van der Waals surface area contributed by atoms with Crippen molar-refractivity contribution in [3.8, 4) is 16.3 Å². The molecule has 3 aromatic rings. The molecule has 21 heavy (non-hydrogen) atoms. The Morgan fingerprint density at radius 1 is 1.24 bits per heavy atom. The quantitative estimate of drug-likeness (QED) is 0.579. The number of nitrogens with two attached hydrogens (primary N) is 1. The Morgan fingerprint density at radius 2 is 2.14 bits per heavy atom. The normalized spacial score (nSPS) is 10.9. The molecule has 108 valence electrons. The van der Waals surface area contributed by atoms with Crippen molar-refractivity contribution in [3.63, 3.8) is 0 Å². The summed E-state index contributed by atoms with van der Waals surface area (Å²) in [5.74, 6) is 0.757. The first kappa shape index (κ1) is 13.8. The summed E-state index contributed by atoms with van der Waals surface area (Å²) in [4.78, 5) is 9.75. The molecule has 2 aromatic heterocycles. The van der Waals surface area contributed by atoms with E-state index in [9.17, 15) is 0 Å². The molecule has 0 saturated carbocycles. The molecule has 0 bridgehead atoms. The van der Waals surface area contributed by atoms with Crippen molar-refractivity contribution >= 4 is 27.9 Å². The fourth-order valence-electron chi connectivity index (χ4n) is 2.04. The highest BCUT2D eigenvalue weighted by molar-refractivity contribution is 7.13. The number of thiazole rings is 1. The van der Waals surface area contributed by atoms with Crippen molar-refractivity contribution in [3.05, 3.63) is 36.0 Å². The number of rotatable bonds is 5. The van der Waals surface area contributed by atoms with E-state index in [4.69, 9.17) is 15.2 Å². The predicted octanol–water partition coefficient (Wildman–Crippen LogP) is 2.97. The van der Waals surface area contributed by atoms with Gasteiger partial charge in [0.1, 0.15) is 12.4 Å². The number of nitrogens with zero attached hydrogens (tertiary/aromatic N) is 2. The third kappa shape index (κ3) is 2.96. The molecule has 0 spiro atoms. The number of nitrogen functional groups attached to an aromatic ring is 1. The Kier molecular flexibility index (Phi) is 3.98. The number of pyridine rings is 1. The summed E-state index contributed by atoms with van der Waals surface area (Å²) in [7, 11) is 1.65. The Balaban J connectivity index is 2.09. The average molecular weight is 301 g/mol. The Labute approximate surface area is 126 Å². The van der Waals surface area contributed by atoms with Gasteiger partial charge in [0.25, 0.3) is 0 Å². The van der Waals surface area contributed by atoms with E-state index in [2.05, 4.69) is 9.97 Å². The lowest BCUT2D eigenvalue weighted by atomic mass is 10.1. The number of ether oxygens (including phenoxy) is 2. The van der Waals surface area contributed by atoms with Gasteiger partial charge < -0.3 is 15.2 Å². The summed E-state index contributed by atoms with van der Waals surface area (Å²) in [6.07, 6.45) is 1.80. The van der Waals surface area contributed by atoms with Crippen LogP contribution in [-0.4, -0.2) is 30.3 Å². The summed E-state index contributed by atoms with van der Waals surface area (Å²) in [6, 6.07) is 7.54. The first-order valence-corrected chi connectivity index (χ1v) is 7.37. The minimum absolute atomic E-state index is 0.479. The summed E-state index contributed by atoms with van der Waals surface area (Å²) in [6.45, 7) is 1.01. The highest BCUT2D eigenvalue weighted by atomic mass is 32.1. The third-order valence-electron chi connectivity index (χ3n) is 3.02. The Hall–Kier alpha value is -2.18. The van der Waals surface area contributed by atoms with Crippen molar-refractivity contribution in [2.45, 2.75) is 0 Å². The summed E-state index contributed by atoms with van der Waals surface area (Å²) in [5, 5.41) is 0.902. The van der Waals surface area contributed by atoms with Crippen LogP contribution in [0.5, 0.6) is 5.75 Å². The van der Waals surface area contributed by atoms with Gasteiger partial charge in [-0.05, 0) is 18.2 Å². The molecule has 0 radical (unpaired) electrons. The minimum Gasteiger partial charge on any atom is -0.490 e. The largest absolute Gasteiger partial charge is 0.490 e. The van der Waals surface area contributed by atoms with Gasteiger partial charge in [-0.25, -0.2) is 4.98 Å². The highest BCUT2D eigenvalue weighted by Gasteiger charge is 2.10. The van der Waals surface area contributed by atoms with Gasteiger partial charge in [0.05, 0.1) is 28.2 Å². The second-order valence-corrected chi connectivity index (χ2v) is 5.38. The van der Waals surface area contributed by atoms with E-state index in [-0.39, 0.29) is 0 Å². The van der Waals surface area contributed by atoms with Gasteiger partial charge in [0.15, 0.2) is 0 Å². The fourth-order valence-corrected chi connectivity index (χ4v) is 2.62. The van der Waals surface area contributed by atoms with E-state index in [1.54, 1.807) is 30.2 Å². The first-order chi connectivity index (χ1) is 10.3. The number of aromatic nitrogens is 2. The van der Waals surface area contributed by atoms with Crippen LogP contribution in [0.15, 0.2) is 36.0 Å². The van der Waals surface area contributed by atoms with Crippen LogP contribution in [0.2, 0.25) is 0 Å². The zero-order chi connectivity index (χ0) is 14.7. The second kappa shape index (κ2) is 6.07. The number of hydrogen-bond donors (Lipinski definition) is 1. The van der Waals surface area contributed by atoms with Gasteiger partial charge in [0, 0.05) is 30.4 Å². The minimum atomic E-state index is 0.479. The topological polar surface area (TPSA) is 70.3 Å². The van der Waals surface area contributed by atoms with Crippen LogP contribution in [0.4, 0.5) is 5.69 Å². The van der Waals surface area contributed by atoms with Crippen molar-refractivity contribution in [2.75, 3.05) is 26.1 Å². The smallest absolute Gasteiger partial charge is 0.131 e. The summed E-state index contributed by atoms with van der Waals surface area (Å²) < 4.78 is 10.8. The number of hydrogen-bond acceptors (Lipinski definition) is 6. The molecule has 2 N–H and O–H groups in total. The highest BCUT2D eigenvalue weighted by Crippen LogP contribution is 2.32. The van der Waals surface area contributed by atoms with E-state index in [0.29, 0.717) is 18.9 Å². The first-order valence-electron chi connectivity index (χ1n) is 6.49. The SMILES string of the molecule is COCCOc1cc(-c2cncs2)nc2ccc(N)cc12. The Morgan fingerprint density at radius 3 is 2.90 bits per heavy atom. The lowest BCUT2D eigenvalue weighted by Gasteiger charge is -2.11. The molecule has 5 nitrogen and oxygen atoms in total. The average Bonchev–Trinajstić information content (AvgIpc) is 3.02. The second-order valence-electron chi connectivity index (χ2n) is 4.49. The summed E-state index contributed by atoms with van der Waals surface area (Å²) in [5.41, 5.74) is 10.0. The van der Waals surface area contributed by atoms with E-state index in [0.717, 1.165) is 27.2 Å². The van der Waals surface area contributed by atoms with Gasteiger partial charge in [-0.15, -0.1) is 11.3 Å². The predicted molar refractivity (Wildman–Crippen MR) is 84.6 cm³/mol. The Bertz CT molecular complexity index is 744. The van der Waals surface area contributed by atoms with Crippen molar-refractivity contribution in [2.24, 2.45) is 0 Å². The maximum atomic E-state index is 5.86. The van der Waals surface area contributed by atoms with Crippen LogP contribution in [0.25, 0.3) is 21.5 Å². The number of anilines is 1. The van der Waals surface area contributed by atoms with Gasteiger partial charge in [-0.2, -0.15) is 0 Å². The van der Waals surface area contributed by atoms with E-state index >= 15 is 0 Å². The molecule has 0 amide bonds.